The maximum atomic E-state index is 13.2. The third-order valence-electron chi connectivity index (χ3n) is 5.20. The van der Waals surface area contributed by atoms with Crippen LogP contribution in [0.15, 0.2) is 41.3 Å². The van der Waals surface area contributed by atoms with Crippen molar-refractivity contribution in [2.75, 3.05) is 17.8 Å². The van der Waals surface area contributed by atoms with Crippen LogP contribution in [0.4, 0.5) is 5.69 Å². The molecule has 1 saturated heterocycles. The van der Waals surface area contributed by atoms with E-state index >= 15 is 0 Å². The summed E-state index contributed by atoms with van der Waals surface area (Å²) in [6, 6.07) is 9.55. The van der Waals surface area contributed by atoms with Gasteiger partial charge in [-0.3, -0.25) is 14.3 Å². The number of hydrogen-bond acceptors (Lipinski definition) is 4. The zero-order chi connectivity index (χ0) is 22.1. The summed E-state index contributed by atoms with van der Waals surface area (Å²) in [5, 5.41) is 0.302. The standard InChI is InChI=1S/C21H24ClN3O4S/c1-13-5-6-14(2)19(10-13)30(28,29)24-18-8-7-16(22)11-17(18)21(27)25-9-3-4-15(12-25)20(23)26/h5-8,10-11,15,24H,3-4,9,12H2,1-2H3,(H2,23,26). The van der Waals surface area contributed by atoms with Crippen molar-refractivity contribution in [3.05, 3.63) is 58.1 Å². The van der Waals surface area contributed by atoms with Gasteiger partial charge in [-0.15, -0.1) is 0 Å². The number of nitrogens with zero attached hydrogens (tertiary/aromatic N) is 1. The number of amides is 2. The van der Waals surface area contributed by atoms with Gasteiger partial charge in [-0.2, -0.15) is 0 Å². The lowest BCUT2D eigenvalue weighted by atomic mass is 9.96. The van der Waals surface area contributed by atoms with Crippen molar-refractivity contribution >= 4 is 39.1 Å². The van der Waals surface area contributed by atoms with E-state index in [9.17, 15) is 18.0 Å². The Labute approximate surface area is 181 Å². The van der Waals surface area contributed by atoms with E-state index in [2.05, 4.69) is 4.72 Å². The highest BCUT2D eigenvalue weighted by Crippen LogP contribution is 2.28. The number of carbonyl (C=O) groups excluding carboxylic acids is 2. The number of likely N-dealkylation sites (tertiary alicyclic amines) is 1. The number of benzene rings is 2. The van der Waals surface area contributed by atoms with Crippen LogP contribution in [0.25, 0.3) is 0 Å². The molecule has 0 spiro atoms. The fourth-order valence-corrected chi connectivity index (χ4v) is 5.13. The molecule has 2 aromatic rings. The minimum Gasteiger partial charge on any atom is -0.369 e. The number of carbonyl (C=O) groups is 2. The van der Waals surface area contributed by atoms with Gasteiger partial charge >= 0.3 is 0 Å². The van der Waals surface area contributed by atoms with Crippen LogP contribution >= 0.6 is 11.6 Å². The van der Waals surface area contributed by atoms with E-state index < -0.39 is 27.8 Å². The van der Waals surface area contributed by atoms with Gasteiger partial charge < -0.3 is 10.6 Å². The van der Waals surface area contributed by atoms with E-state index in [0.29, 0.717) is 30.0 Å². The molecule has 1 aliphatic heterocycles. The van der Waals surface area contributed by atoms with Crippen molar-refractivity contribution in [1.29, 1.82) is 0 Å². The molecule has 1 aliphatic rings. The summed E-state index contributed by atoms with van der Waals surface area (Å²) in [5.74, 6) is -1.27. The van der Waals surface area contributed by atoms with Crippen LogP contribution in [0.1, 0.15) is 34.3 Å². The monoisotopic (exact) mass is 449 g/mol. The summed E-state index contributed by atoms with van der Waals surface area (Å²) < 4.78 is 28.6. The molecule has 1 unspecified atom stereocenters. The van der Waals surface area contributed by atoms with Crippen molar-refractivity contribution in [2.24, 2.45) is 11.7 Å². The molecule has 0 saturated carbocycles. The molecule has 160 valence electrons. The highest BCUT2D eigenvalue weighted by molar-refractivity contribution is 7.92. The normalized spacial score (nSPS) is 16.9. The molecule has 7 nitrogen and oxygen atoms in total. The number of anilines is 1. The number of sulfonamides is 1. The molecule has 0 aromatic heterocycles. The van der Waals surface area contributed by atoms with Crippen LogP contribution in [0, 0.1) is 19.8 Å². The van der Waals surface area contributed by atoms with Gasteiger partial charge in [0, 0.05) is 18.1 Å². The molecule has 3 rings (SSSR count). The largest absolute Gasteiger partial charge is 0.369 e. The molecule has 30 heavy (non-hydrogen) atoms. The quantitative estimate of drug-likeness (QED) is 0.730. The number of rotatable bonds is 5. The topological polar surface area (TPSA) is 110 Å². The van der Waals surface area contributed by atoms with Gasteiger partial charge in [-0.05, 0) is 62.1 Å². The number of primary amides is 1. The molecule has 0 bridgehead atoms. The molecule has 2 amide bonds. The second-order valence-corrected chi connectivity index (χ2v) is 9.64. The molecule has 1 atom stereocenters. The predicted molar refractivity (Wildman–Crippen MR) is 116 cm³/mol. The first kappa shape index (κ1) is 22.1. The Bertz CT molecular complexity index is 1100. The Morgan fingerprint density at radius 2 is 1.90 bits per heavy atom. The number of nitrogens with two attached hydrogens (primary N) is 1. The number of piperidine rings is 1. The molecular weight excluding hydrogens is 426 g/mol. The van der Waals surface area contributed by atoms with Gasteiger partial charge in [-0.25, -0.2) is 8.42 Å². The third-order valence-corrected chi connectivity index (χ3v) is 6.94. The first-order valence-electron chi connectivity index (χ1n) is 9.56. The second kappa shape index (κ2) is 8.65. The zero-order valence-electron chi connectivity index (χ0n) is 16.8. The smallest absolute Gasteiger partial charge is 0.262 e. The molecule has 0 aliphatic carbocycles. The summed E-state index contributed by atoms with van der Waals surface area (Å²) in [7, 11) is -3.93. The van der Waals surface area contributed by atoms with Gasteiger partial charge in [0.15, 0.2) is 0 Å². The molecule has 2 aromatic carbocycles. The van der Waals surface area contributed by atoms with E-state index in [1.807, 2.05) is 6.07 Å². The van der Waals surface area contributed by atoms with Gasteiger partial charge in [0.1, 0.15) is 0 Å². The van der Waals surface area contributed by atoms with Crippen LogP contribution in [-0.4, -0.2) is 38.2 Å². The Kier molecular flexibility index (Phi) is 6.38. The Hall–Kier alpha value is -2.58. The number of aryl methyl sites for hydroxylation is 2. The summed E-state index contributed by atoms with van der Waals surface area (Å²) in [6.07, 6.45) is 1.27. The highest BCUT2D eigenvalue weighted by atomic mass is 35.5. The van der Waals surface area contributed by atoms with E-state index in [1.165, 1.54) is 23.1 Å². The van der Waals surface area contributed by atoms with Crippen molar-refractivity contribution in [3.63, 3.8) is 0 Å². The van der Waals surface area contributed by atoms with Crippen molar-refractivity contribution in [2.45, 2.75) is 31.6 Å². The molecule has 1 fully saturated rings. The first-order valence-corrected chi connectivity index (χ1v) is 11.4. The van der Waals surface area contributed by atoms with Gasteiger partial charge in [-0.1, -0.05) is 23.7 Å². The molecule has 1 heterocycles. The number of halogens is 1. The predicted octanol–water partition coefficient (Wildman–Crippen LogP) is 3.10. The molecule has 0 radical (unpaired) electrons. The third kappa shape index (κ3) is 4.76. The maximum Gasteiger partial charge on any atom is 0.262 e. The SMILES string of the molecule is Cc1ccc(C)c(S(=O)(=O)Nc2ccc(Cl)cc2C(=O)N2CCCC(C(N)=O)C2)c1. The Balaban J connectivity index is 1.95. The first-order chi connectivity index (χ1) is 14.1. The lowest BCUT2D eigenvalue weighted by Gasteiger charge is -2.31. The van der Waals surface area contributed by atoms with Crippen molar-refractivity contribution < 1.29 is 18.0 Å². The lowest BCUT2D eigenvalue weighted by molar-refractivity contribution is -0.123. The van der Waals surface area contributed by atoms with E-state index in [4.69, 9.17) is 17.3 Å². The highest BCUT2D eigenvalue weighted by Gasteiger charge is 2.29. The van der Waals surface area contributed by atoms with Gasteiger partial charge in [0.2, 0.25) is 5.91 Å². The molecule has 3 N–H and O–H groups in total. The van der Waals surface area contributed by atoms with Crippen LogP contribution < -0.4 is 10.5 Å². The zero-order valence-corrected chi connectivity index (χ0v) is 18.4. The Morgan fingerprint density at radius 1 is 1.17 bits per heavy atom. The second-order valence-electron chi connectivity index (χ2n) is 7.56. The minimum absolute atomic E-state index is 0.126. The van der Waals surface area contributed by atoms with E-state index in [1.54, 1.807) is 26.0 Å². The number of nitrogens with one attached hydrogen (secondary N) is 1. The number of hydrogen-bond donors (Lipinski definition) is 2. The summed E-state index contributed by atoms with van der Waals surface area (Å²) in [6.45, 7) is 4.17. The van der Waals surface area contributed by atoms with Crippen LogP contribution in [0.5, 0.6) is 0 Å². The summed E-state index contributed by atoms with van der Waals surface area (Å²) in [5.41, 5.74) is 7.06. The average molecular weight is 450 g/mol. The van der Waals surface area contributed by atoms with Gasteiger partial charge in [0.05, 0.1) is 22.1 Å². The van der Waals surface area contributed by atoms with Crippen molar-refractivity contribution in [1.82, 2.24) is 4.90 Å². The van der Waals surface area contributed by atoms with Crippen LogP contribution in [0.2, 0.25) is 5.02 Å². The molecule has 9 heteroatoms. The fraction of sp³-hybridized carbons (Fsp3) is 0.333. The maximum absolute atomic E-state index is 13.2. The van der Waals surface area contributed by atoms with E-state index in [-0.39, 0.29) is 22.7 Å². The average Bonchev–Trinajstić information content (AvgIpc) is 2.70. The lowest BCUT2D eigenvalue weighted by Crippen LogP contribution is -2.44. The summed E-state index contributed by atoms with van der Waals surface area (Å²) >= 11 is 6.09. The van der Waals surface area contributed by atoms with Crippen molar-refractivity contribution in [3.8, 4) is 0 Å². The molecular formula is C21H24ClN3O4S. The van der Waals surface area contributed by atoms with Crippen LogP contribution in [0.3, 0.4) is 0 Å². The minimum atomic E-state index is -3.93. The summed E-state index contributed by atoms with van der Waals surface area (Å²) in [4.78, 5) is 26.4. The van der Waals surface area contributed by atoms with E-state index in [0.717, 1.165) is 5.56 Å². The fourth-order valence-electron chi connectivity index (χ4n) is 3.54. The van der Waals surface area contributed by atoms with Crippen LogP contribution in [-0.2, 0) is 14.8 Å². The Morgan fingerprint density at radius 3 is 2.60 bits per heavy atom. The van der Waals surface area contributed by atoms with Gasteiger partial charge in [0.25, 0.3) is 15.9 Å².